The quantitative estimate of drug-likeness (QED) is 0.776. The summed E-state index contributed by atoms with van der Waals surface area (Å²) in [7, 11) is 0. The molecule has 0 bridgehead atoms. The summed E-state index contributed by atoms with van der Waals surface area (Å²) in [5, 5.41) is 7.63. The van der Waals surface area contributed by atoms with E-state index in [9.17, 15) is 9.59 Å². The predicted molar refractivity (Wildman–Crippen MR) is 74.5 cm³/mol. The second kappa shape index (κ2) is 7.50. The van der Waals surface area contributed by atoms with E-state index < -0.39 is 6.03 Å². The highest BCUT2D eigenvalue weighted by Gasteiger charge is 2.04. The molecule has 0 spiro atoms. The van der Waals surface area contributed by atoms with Gasteiger partial charge < -0.3 is 16.0 Å². The van der Waals surface area contributed by atoms with Gasteiger partial charge in [-0.1, -0.05) is 40.7 Å². The minimum atomic E-state index is -0.422. The van der Waals surface area contributed by atoms with Crippen molar-refractivity contribution in [3.05, 3.63) is 41.4 Å². The van der Waals surface area contributed by atoms with Gasteiger partial charge in [0.1, 0.15) is 0 Å². The molecular formula is C12H14BrN3O2. The average molecular weight is 312 g/mol. The van der Waals surface area contributed by atoms with Crippen molar-refractivity contribution >= 4 is 33.6 Å². The van der Waals surface area contributed by atoms with Crippen LogP contribution in [0.4, 0.5) is 10.5 Å². The van der Waals surface area contributed by atoms with E-state index in [1.165, 1.54) is 0 Å². The molecule has 0 atom stereocenters. The van der Waals surface area contributed by atoms with Crippen LogP contribution in [0.2, 0.25) is 0 Å². The summed E-state index contributed by atoms with van der Waals surface area (Å²) < 4.78 is 0.671. The minimum absolute atomic E-state index is 0.0844. The molecule has 0 aliphatic rings. The van der Waals surface area contributed by atoms with Gasteiger partial charge in [0, 0.05) is 16.7 Å². The van der Waals surface area contributed by atoms with Gasteiger partial charge in [0.05, 0.1) is 6.54 Å². The fraction of sp³-hybridized carbons (Fsp3) is 0.167. The third kappa shape index (κ3) is 6.05. The van der Waals surface area contributed by atoms with Gasteiger partial charge >= 0.3 is 6.03 Å². The second-order valence-corrected chi connectivity index (χ2v) is 4.59. The van der Waals surface area contributed by atoms with Crippen molar-refractivity contribution in [2.24, 2.45) is 0 Å². The summed E-state index contributed by atoms with van der Waals surface area (Å²) in [5.74, 6) is -0.279. The molecule has 3 N–H and O–H groups in total. The fourth-order valence-electron chi connectivity index (χ4n) is 1.11. The Balaban J connectivity index is 2.25. The van der Waals surface area contributed by atoms with Crippen molar-refractivity contribution in [3.63, 3.8) is 0 Å². The lowest BCUT2D eigenvalue weighted by atomic mass is 10.3. The number of anilines is 1. The molecule has 18 heavy (non-hydrogen) atoms. The van der Waals surface area contributed by atoms with E-state index in [1.807, 2.05) is 18.2 Å². The van der Waals surface area contributed by atoms with Gasteiger partial charge in [0.2, 0.25) is 5.91 Å². The number of carbonyl (C=O) groups excluding carboxylic acids is 2. The Morgan fingerprint density at radius 3 is 2.39 bits per heavy atom. The molecule has 0 radical (unpaired) electrons. The van der Waals surface area contributed by atoms with Crippen LogP contribution in [-0.4, -0.2) is 25.0 Å². The number of carbonyl (C=O) groups is 2. The number of hydrogen-bond donors (Lipinski definition) is 3. The first-order chi connectivity index (χ1) is 8.58. The number of benzene rings is 1. The van der Waals surface area contributed by atoms with Gasteiger partial charge in [-0.15, -0.1) is 0 Å². The maximum absolute atomic E-state index is 11.4. The molecule has 0 aliphatic heterocycles. The van der Waals surface area contributed by atoms with Crippen LogP contribution in [-0.2, 0) is 4.79 Å². The average Bonchev–Trinajstić information content (AvgIpc) is 2.35. The summed E-state index contributed by atoms with van der Waals surface area (Å²) in [4.78, 5) is 22.7. The van der Waals surface area contributed by atoms with Crippen molar-refractivity contribution in [1.82, 2.24) is 10.6 Å². The molecule has 3 amide bonds. The molecule has 1 aromatic carbocycles. The zero-order valence-electron chi connectivity index (χ0n) is 9.70. The number of urea groups is 1. The highest BCUT2D eigenvalue weighted by atomic mass is 79.9. The van der Waals surface area contributed by atoms with Gasteiger partial charge in [0.15, 0.2) is 0 Å². The fourth-order valence-corrected chi connectivity index (χ4v) is 1.25. The number of para-hydroxylation sites is 1. The van der Waals surface area contributed by atoms with Crippen molar-refractivity contribution < 1.29 is 9.59 Å². The second-order valence-electron chi connectivity index (χ2n) is 3.47. The Labute approximate surface area is 114 Å². The number of amides is 3. The summed E-state index contributed by atoms with van der Waals surface area (Å²) in [6.45, 7) is 3.83. The van der Waals surface area contributed by atoms with Crippen molar-refractivity contribution in [2.75, 3.05) is 18.4 Å². The zero-order valence-corrected chi connectivity index (χ0v) is 11.3. The lowest BCUT2D eigenvalue weighted by Gasteiger charge is -2.07. The Hall–Kier alpha value is -1.82. The third-order valence-electron chi connectivity index (χ3n) is 1.92. The van der Waals surface area contributed by atoms with Crippen molar-refractivity contribution in [2.45, 2.75) is 0 Å². The first-order valence-electron chi connectivity index (χ1n) is 5.28. The van der Waals surface area contributed by atoms with Crippen LogP contribution in [0.25, 0.3) is 0 Å². The predicted octanol–water partition coefficient (Wildman–Crippen LogP) is 1.83. The van der Waals surface area contributed by atoms with Gasteiger partial charge in [-0.05, 0) is 12.1 Å². The largest absolute Gasteiger partial charge is 0.350 e. The van der Waals surface area contributed by atoms with E-state index in [1.54, 1.807) is 12.1 Å². The minimum Gasteiger partial charge on any atom is -0.350 e. The first-order valence-corrected chi connectivity index (χ1v) is 6.07. The maximum Gasteiger partial charge on any atom is 0.319 e. The summed E-state index contributed by atoms with van der Waals surface area (Å²) in [6, 6.07) is 8.56. The van der Waals surface area contributed by atoms with Crippen LogP contribution in [0.3, 0.4) is 0 Å². The summed E-state index contributed by atoms with van der Waals surface area (Å²) in [5.41, 5.74) is 0.671. The Morgan fingerprint density at radius 1 is 1.11 bits per heavy atom. The molecule has 96 valence electrons. The number of hydrogen-bond acceptors (Lipinski definition) is 2. The molecule has 1 aromatic rings. The Bertz CT molecular complexity index is 434. The summed E-state index contributed by atoms with van der Waals surface area (Å²) in [6.07, 6.45) is 0. The molecule has 0 aromatic heterocycles. The van der Waals surface area contributed by atoms with Crippen molar-refractivity contribution in [3.8, 4) is 0 Å². The molecule has 0 fully saturated rings. The van der Waals surface area contributed by atoms with Gasteiger partial charge in [0.25, 0.3) is 0 Å². The van der Waals surface area contributed by atoms with Crippen LogP contribution in [0.5, 0.6) is 0 Å². The lowest BCUT2D eigenvalue weighted by molar-refractivity contribution is -0.119. The highest BCUT2D eigenvalue weighted by molar-refractivity contribution is 9.11. The first kappa shape index (κ1) is 14.2. The maximum atomic E-state index is 11.4. The van der Waals surface area contributed by atoms with Gasteiger partial charge in [-0.3, -0.25) is 4.79 Å². The van der Waals surface area contributed by atoms with Gasteiger partial charge in [-0.2, -0.15) is 0 Å². The normalized spacial score (nSPS) is 9.39. The molecule has 0 aliphatic carbocycles. The Morgan fingerprint density at radius 2 is 1.78 bits per heavy atom. The number of halogens is 1. The van der Waals surface area contributed by atoms with Gasteiger partial charge in [-0.25, -0.2) is 4.79 Å². The highest BCUT2D eigenvalue weighted by Crippen LogP contribution is 2.03. The molecule has 1 rings (SSSR count). The van der Waals surface area contributed by atoms with E-state index in [2.05, 4.69) is 38.5 Å². The standard InChI is InChI=1S/C12H14BrN3O2/c1-9(13)7-14-11(17)8-15-12(18)16-10-5-3-2-4-6-10/h2-6H,1,7-8H2,(H,14,17)(H2,15,16,18). The van der Waals surface area contributed by atoms with Crippen LogP contribution in [0.1, 0.15) is 0 Å². The van der Waals surface area contributed by atoms with Crippen LogP contribution in [0, 0.1) is 0 Å². The molecule has 0 heterocycles. The van der Waals surface area contributed by atoms with Crippen molar-refractivity contribution in [1.29, 1.82) is 0 Å². The summed E-state index contributed by atoms with van der Waals surface area (Å²) >= 11 is 3.12. The number of nitrogens with one attached hydrogen (secondary N) is 3. The molecular weight excluding hydrogens is 298 g/mol. The molecule has 0 unspecified atom stereocenters. The van der Waals surface area contributed by atoms with Crippen LogP contribution in [0.15, 0.2) is 41.4 Å². The lowest BCUT2D eigenvalue weighted by Crippen LogP contribution is -2.39. The molecule has 5 nitrogen and oxygen atoms in total. The zero-order chi connectivity index (χ0) is 13.4. The topological polar surface area (TPSA) is 70.2 Å². The van der Waals surface area contributed by atoms with E-state index >= 15 is 0 Å². The van der Waals surface area contributed by atoms with E-state index in [4.69, 9.17) is 0 Å². The van der Waals surface area contributed by atoms with Crippen LogP contribution >= 0.6 is 15.9 Å². The third-order valence-corrected chi connectivity index (χ3v) is 2.20. The SMILES string of the molecule is C=C(Br)CNC(=O)CNC(=O)Nc1ccccc1. The van der Waals surface area contributed by atoms with E-state index in [-0.39, 0.29) is 12.5 Å². The molecule has 0 saturated carbocycles. The number of rotatable bonds is 5. The molecule has 6 heteroatoms. The van der Waals surface area contributed by atoms with E-state index in [0.717, 1.165) is 0 Å². The van der Waals surface area contributed by atoms with Crippen LogP contribution < -0.4 is 16.0 Å². The smallest absolute Gasteiger partial charge is 0.319 e. The monoisotopic (exact) mass is 311 g/mol. The van der Waals surface area contributed by atoms with E-state index in [0.29, 0.717) is 16.7 Å². The molecule has 0 saturated heterocycles. The Kier molecular flexibility index (Phi) is 5.93.